The topological polar surface area (TPSA) is 37.3 Å². The van der Waals surface area contributed by atoms with Crippen molar-refractivity contribution in [3.63, 3.8) is 0 Å². The molecule has 4 aliphatic rings. The molecule has 0 aliphatic heterocycles. The van der Waals surface area contributed by atoms with E-state index < -0.39 is 5.60 Å². The number of carbonyl (C=O) groups excluding carboxylic acids is 1. The maximum Gasteiger partial charge on any atom is 0.162 e. The molecule has 0 radical (unpaired) electrons. The third-order valence-corrected chi connectivity index (χ3v) is 11.1. The summed E-state index contributed by atoms with van der Waals surface area (Å²) >= 11 is 0. The summed E-state index contributed by atoms with van der Waals surface area (Å²) in [5, 5.41) is 10.7. The quantitative estimate of drug-likeness (QED) is 0.372. The van der Waals surface area contributed by atoms with Crippen LogP contribution >= 0.6 is 0 Å². The number of rotatable bonds is 5. The number of hydrogen-bond donors (Lipinski definition) is 1. The van der Waals surface area contributed by atoms with Crippen molar-refractivity contribution in [2.24, 2.45) is 40.4 Å². The molecule has 1 N–H and O–H groups in total. The van der Waals surface area contributed by atoms with Gasteiger partial charge in [0, 0.05) is 12.0 Å². The highest BCUT2D eigenvalue weighted by Crippen LogP contribution is 2.67. The molecule has 0 amide bonds. The third kappa shape index (κ3) is 3.95. The summed E-state index contributed by atoms with van der Waals surface area (Å²) in [6.07, 6.45) is 13.9. The Kier molecular flexibility index (Phi) is 5.91. The lowest BCUT2D eigenvalue weighted by atomic mass is 9.46. The lowest BCUT2D eigenvalue weighted by Gasteiger charge is -2.59. The van der Waals surface area contributed by atoms with Gasteiger partial charge in [-0.25, -0.2) is 0 Å². The molecule has 1 unspecified atom stereocenters. The molecule has 3 saturated carbocycles. The summed E-state index contributed by atoms with van der Waals surface area (Å²) < 4.78 is 0. The van der Waals surface area contributed by atoms with Gasteiger partial charge in [-0.2, -0.15) is 0 Å². The second-order valence-electron chi connectivity index (χ2n) is 13.0. The van der Waals surface area contributed by atoms with Crippen LogP contribution in [0.3, 0.4) is 0 Å². The average molecular weight is 449 g/mol. The maximum absolute atomic E-state index is 12.7. The van der Waals surface area contributed by atoms with Crippen molar-refractivity contribution >= 4 is 5.78 Å². The van der Waals surface area contributed by atoms with Crippen LogP contribution in [0.5, 0.6) is 0 Å². The molecule has 1 aromatic carbocycles. The van der Waals surface area contributed by atoms with Crippen LogP contribution in [0.25, 0.3) is 0 Å². The Morgan fingerprint density at radius 3 is 2.55 bits per heavy atom. The minimum atomic E-state index is -0.508. The first-order valence-corrected chi connectivity index (χ1v) is 13.6. The monoisotopic (exact) mass is 448 g/mol. The lowest BCUT2D eigenvalue weighted by Crippen LogP contribution is -2.52. The summed E-state index contributed by atoms with van der Waals surface area (Å²) in [5.74, 6) is 4.09. The number of benzene rings is 1. The van der Waals surface area contributed by atoms with Crippen molar-refractivity contribution < 1.29 is 9.90 Å². The van der Waals surface area contributed by atoms with Crippen molar-refractivity contribution in [3.05, 3.63) is 47.5 Å². The zero-order chi connectivity index (χ0) is 23.4. The van der Waals surface area contributed by atoms with Crippen LogP contribution in [0.2, 0.25) is 0 Å². The summed E-state index contributed by atoms with van der Waals surface area (Å²) in [5.41, 5.74) is 2.65. The van der Waals surface area contributed by atoms with Gasteiger partial charge in [0.2, 0.25) is 0 Å². The number of ketones is 1. The van der Waals surface area contributed by atoms with E-state index in [0.29, 0.717) is 29.0 Å². The highest BCUT2D eigenvalue weighted by molar-refractivity contribution is 5.95. The molecule has 0 heterocycles. The van der Waals surface area contributed by atoms with Crippen molar-refractivity contribution in [2.45, 2.75) is 97.5 Å². The van der Waals surface area contributed by atoms with E-state index in [2.05, 4.69) is 26.8 Å². The zero-order valence-corrected chi connectivity index (χ0v) is 21.3. The fourth-order valence-corrected chi connectivity index (χ4v) is 9.11. The molecule has 180 valence electrons. The Morgan fingerprint density at radius 2 is 1.79 bits per heavy atom. The first-order valence-electron chi connectivity index (χ1n) is 13.6. The fraction of sp³-hybridized carbons (Fsp3) is 0.710. The van der Waals surface area contributed by atoms with Gasteiger partial charge in [-0.15, -0.1) is 0 Å². The molecule has 2 nitrogen and oxygen atoms in total. The molecule has 0 spiro atoms. The Morgan fingerprint density at radius 1 is 1.03 bits per heavy atom. The molecular weight excluding hydrogens is 404 g/mol. The van der Waals surface area contributed by atoms with E-state index in [0.717, 1.165) is 54.9 Å². The van der Waals surface area contributed by atoms with E-state index in [1.165, 1.54) is 32.1 Å². The Bertz CT molecular complexity index is 914. The zero-order valence-electron chi connectivity index (χ0n) is 21.3. The van der Waals surface area contributed by atoms with Crippen molar-refractivity contribution in [1.82, 2.24) is 0 Å². The molecule has 0 saturated heterocycles. The van der Waals surface area contributed by atoms with E-state index in [-0.39, 0.29) is 0 Å². The number of aliphatic hydroxyl groups is 1. The predicted octanol–water partition coefficient (Wildman–Crippen LogP) is 7.62. The predicted molar refractivity (Wildman–Crippen MR) is 135 cm³/mol. The van der Waals surface area contributed by atoms with Gasteiger partial charge in [-0.1, -0.05) is 62.8 Å². The van der Waals surface area contributed by atoms with Gasteiger partial charge in [0.1, 0.15) is 0 Å². The number of carbonyl (C=O) groups is 1. The largest absolute Gasteiger partial charge is 0.390 e. The maximum atomic E-state index is 12.7. The normalized spacial score (nSPS) is 43.1. The van der Waals surface area contributed by atoms with E-state index in [1.54, 1.807) is 5.57 Å². The van der Waals surface area contributed by atoms with Gasteiger partial charge in [-0.05, 0) is 105 Å². The molecular formula is C31H44O2. The molecule has 33 heavy (non-hydrogen) atoms. The van der Waals surface area contributed by atoms with Gasteiger partial charge < -0.3 is 5.11 Å². The van der Waals surface area contributed by atoms with Crippen molar-refractivity contribution in [2.75, 3.05) is 0 Å². The van der Waals surface area contributed by atoms with Gasteiger partial charge in [0.15, 0.2) is 5.78 Å². The first kappa shape index (κ1) is 23.3. The minimum absolute atomic E-state index is 0.303. The smallest absolute Gasteiger partial charge is 0.162 e. The fourth-order valence-electron chi connectivity index (χ4n) is 9.11. The van der Waals surface area contributed by atoms with E-state index in [9.17, 15) is 9.90 Å². The summed E-state index contributed by atoms with van der Waals surface area (Å²) in [6, 6.07) is 9.83. The molecule has 5 rings (SSSR count). The Hall–Kier alpha value is -1.41. The number of hydrogen-bond acceptors (Lipinski definition) is 2. The summed E-state index contributed by atoms with van der Waals surface area (Å²) in [6.45, 7) is 9.58. The van der Waals surface area contributed by atoms with Gasteiger partial charge in [-0.3, -0.25) is 4.79 Å². The highest BCUT2D eigenvalue weighted by atomic mass is 16.3. The highest BCUT2D eigenvalue weighted by Gasteiger charge is 2.59. The van der Waals surface area contributed by atoms with Gasteiger partial charge >= 0.3 is 0 Å². The van der Waals surface area contributed by atoms with Crippen LogP contribution in [0, 0.1) is 40.4 Å². The van der Waals surface area contributed by atoms with E-state index >= 15 is 0 Å². The Balaban J connectivity index is 1.28. The standard InChI is InChI=1S/C31H44O2/c1-21(10-15-28(32)22-8-6-5-7-9-22)25-13-14-26-24-12-11-23-20-29(2,33)18-19-30(23,3)27(24)16-17-31(25,26)4/h5-9,11,21,24-27,33H,10,12-20H2,1-4H3/t21-,24+,25-,26+,27?,29+,30+,31-/m1/s1. The molecule has 0 aromatic heterocycles. The van der Waals surface area contributed by atoms with E-state index in [1.807, 2.05) is 37.3 Å². The van der Waals surface area contributed by atoms with Crippen LogP contribution in [-0.2, 0) is 0 Å². The average Bonchev–Trinajstić information content (AvgIpc) is 3.15. The van der Waals surface area contributed by atoms with E-state index in [4.69, 9.17) is 0 Å². The molecule has 0 bridgehead atoms. The lowest BCUT2D eigenvalue weighted by molar-refractivity contribution is -0.0704. The number of fused-ring (bicyclic) bond motifs is 5. The first-order chi connectivity index (χ1) is 15.6. The molecule has 4 aliphatic carbocycles. The van der Waals surface area contributed by atoms with Crippen molar-refractivity contribution in [1.29, 1.82) is 0 Å². The molecule has 8 atom stereocenters. The minimum Gasteiger partial charge on any atom is -0.390 e. The van der Waals surface area contributed by atoms with Crippen molar-refractivity contribution in [3.8, 4) is 0 Å². The van der Waals surface area contributed by atoms with Gasteiger partial charge in [0.05, 0.1) is 5.60 Å². The van der Waals surface area contributed by atoms with Crippen LogP contribution < -0.4 is 0 Å². The van der Waals surface area contributed by atoms with Crippen LogP contribution in [-0.4, -0.2) is 16.5 Å². The second-order valence-corrected chi connectivity index (χ2v) is 13.0. The molecule has 2 heteroatoms. The second kappa shape index (κ2) is 8.36. The summed E-state index contributed by atoms with van der Waals surface area (Å²) in [7, 11) is 0. The van der Waals surface area contributed by atoms with Crippen LogP contribution in [0.15, 0.2) is 42.0 Å². The van der Waals surface area contributed by atoms with Gasteiger partial charge in [0.25, 0.3) is 0 Å². The number of allylic oxidation sites excluding steroid dienone is 1. The SMILES string of the molecule is C[C@H](CCC(=O)c1ccccc1)[C@H]1CC[C@H]2[C@@H]3CC=C4C[C@@](C)(O)CC[C@]4(C)C3CC[C@]12C. The molecule has 3 fully saturated rings. The Labute approximate surface area is 201 Å². The third-order valence-electron chi connectivity index (χ3n) is 11.1. The van der Waals surface area contributed by atoms with Crippen LogP contribution in [0.1, 0.15) is 102 Å². The van der Waals surface area contributed by atoms with Crippen LogP contribution in [0.4, 0.5) is 0 Å². The number of Topliss-reactive ketones (excluding diaryl/α,β-unsaturated/α-hetero) is 1. The summed E-state index contributed by atoms with van der Waals surface area (Å²) in [4.78, 5) is 12.7. The molecule has 1 aromatic rings.